The zero-order chi connectivity index (χ0) is 14.0. The van der Waals surface area contributed by atoms with Crippen molar-refractivity contribution in [3.63, 3.8) is 0 Å². The van der Waals surface area contributed by atoms with E-state index in [0.717, 1.165) is 17.1 Å². The third-order valence-electron chi connectivity index (χ3n) is 4.13. The van der Waals surface area contributed by atoms with Gasteiger partial charge in [0.25, 0.3) is 0 Å². The fourth-order valence-electron chi connectivity index (χ4n) is 2.96. The molecular weight excluding hydrogens is 240 g/mol. The molecule has 0 amide bonds. The van der Waals surface area contributed by atoms with Crippen molar-refractivity contribution in [1.82, 2.24) is 4.90 Å². The standard InChI is InChI=1S/C15H24N2O2/c1-17(2)14(15(10-16)7-8-15)12-9-11(18-3)5-6-13(12)19-4/h5-6,9,14H,7-8,10,16H2,1-4H3. The molecule has 0 bridgehead atoms. The van der Waals surface area contributed by atoms with Crippen LogP contribution in [0.5, 0.6) is 11.5 Å². The molecule has 1 unspecified atom stereocenters. The second kappa shape index (κ2) is 5.39. The molecule has 2 rings (SSSR count). The highest BCUT2D eigenvalue weighted by atomic mass is 16.5. The highest BCUT2D eigenvalue weighted by Gasteiger charge is 2.50. The van der Waals surface area contributed by atoms with E-state index >= 15 is 0 Å². The van der Waals surface area contributed by atoms with Gasteiger partial charge < -0.3 is 20.1 Å². The van der Waals surface area contributed by atoms with E-state index in [2.05, 4.69) is 25.1 Å². The van der Waals surface area contributed by atoms with Crippen LogP contribution in [0, 0.1) is 5.41 Å². The first-order valence-electron chi connectivity index (χ1n) is 6.66. The minimum Gasteiger partial charge on any atom is -0.497 e. The van der Waals surface area contributed by atoms with Crippen molar-refractivity contribution in [2.24, 2.45) is 11.1 Å². The summed E-state index contributed by atoms with van der Waals surface area (Å²) in [7, 11) is 7.59. The fourth-order valence-corrected chi connectivity index (χ4v) is 2.96. The topological polar surface area (TPSA) is 47.7 Å². The van der Waals surface area contributed by atoms with Crippen molar-refractivity contribution in [3.05, 3.63) is 23.8 Å². The average molecular weight is 264 g/mol. The first-order valence-corrected chi connectivity index (χ1v) is 6.66. The summed E-state index contributed by atoms with van der Waals surface area (Å²) in [4.78, 5) is 2.23. The van der Waals surface area contributed by atoms with Crippen LogP contribution in [0.2, 0.25) is 0 Å². The van der Waals surface area contributed by atoms with Crippen LogP contribution in [0.4, 0.5) is 0 Å². The van der Waals surface area contributed by atoms with Crippen LogP contribution in [0.25, 0.3) is 0 Å². The van der Waals surface area contributed by atoms with Gasteiger partial charge in [-0.05, 0) is 51.7 Å². The molecule has 1 fully saturated rings. The van der Waals surface area contributed by atoms with Crippen LogP contribution >= 0.6 is 0 Å². The molecular formula is C15H24N2O2. The zero-order valence-electron chi connectivity index (χ0n) is 12.3. The van der Waals surface area contributed by atoms with Crippen molar-refractivity contribution in [2.45, 2.75) is 18.9 Å². The molecule has 0 aromatic heterocycles. The summed E-state index contributed by atoms with van der Waals surface area (Å²) in [5.74, 6) is 1.76. The Balaban J connectivity index is 2.46. The van der Waals surface area contributed by atoms with Crippen molar-refractivity contribution >= 4 is 0 Å². The number of benzene rings is 1. The van der Waals surface area contributed by atoms with Gasteiger partial charge in [-0.15, -0.1) is 0 Å². The molecule has 0 radical (unpaired) electrons. The summed E-state index contributed by atoms with van der Waals surface area (Å²) in [5, 5.41) is 0. The number of ether oxygens (including phenoxy) is 2. The van der Waals surface area contributed by atoms with E-state index in [9.17, 15) is 0 Å². The smallest absolute Gasteiger partial charge is 0.123 e. The van der Waals surface area contributed by atoms with Gasteiger partial charge in [0.2, 0.25) is 0 Å². The molecule has 106 valence electrons. The summed E-state index contributed by atoms with van der Waals surface area (Å²) in [6, 6.07) is 6.23. The molecule has 1 aromatic rings. The highest BCUT2D eigenvalue weighted by Crippen LogP contribution is 2.57. The molecule has 0 heterocycles. The lowest BCUT2D eigenvalue weighted by Crippen LogP contribution is -2.33. The van der Waals surface area contributed by atoms with Gasteiger partial charge >= 0.3 is 0 Å². The van der Waals surface area contributed by atoms with Gasteiger partial charge in [0.1, 0.15) is 11.5 Å². The van der Waals surface area contributed by atoms with E-state index in [4.69, 9.17) is 15.2 Å². The molecule has 0 spiro atoms. The Morgan fingerprint density at radius 2 is 1.95 bits per heavy atom. The number of rotatable bonds is 6. The predicted molar refractivity (Wildman–Crippen MR) is 76.7 cm³/mol. The lowest BCUT2D eigenvalue weighted by Gasteiger charge is -2.33. The third-order valence-corrected chi connectivity index (χ3v) is 4.13. The summed E-state index contributed by atoms with van der Waals surface area (Å²) < 4.78 is 10.9. The molecule has 19 heavy (non-hydrogen) atoms. The van der Waals surface area contributed by atoms with E-state index in [0.29, 0.717) is 6.54 Å². The minimum atomic E-state index is 0.184. The zero-order valence-corrected chi connectivity index (χ0v) is 12.3. The molecule has 1 atom stereocenters. The summed E-state index contributed by atoms with van der Waals surface area (Å²) >= 11 is 0. The number of nitrogens with two attached hydrogens (primary N) is 1. The highest BCUT2D eigenvalue weighted by molar-refractivity contribution is 5.44. The Kier molecular flexibility index (Phi) is 4.02. The second-order valence-corrected chi connectivity index (χ2v) is 5.54. The quantitative estimate of drug-likeness (QED) is 0.854. The van der Waals surface area contributed by atoms with Crippen LogP contribution < -0.4 is 15.2 Å². The summed E-state index contributed by atoms with van der Waals surface area (Å²) in [6.07, 6.45) is 2.35. The van der Waals surface area contributed by atoms with Gasteiger partial charge in [-0.1, -0.05) is 0 Å². The van der Waals surface area contributed by atoms with Gasteiger partial charge in [-0.25, -0.2) is 0 Å². The van der Waals surface area contributed by atoms with Gasteiger partial charge in [0.15, 0.2) is 0 Å². The van der Waals surface area contributed by atoms with Gasteiger partial charge in [0, 0.05) is 17.0 Å². The van der Waals surface area contributed by atoms with Gasteiger partial charge in [-0.3, -0.25) is 0 Å². The van der Waals surface area contributed by atoms with Crippen molar-refractivity contribution in [1.29, 1.82) is 0 Å². The Morgan fingerprint density at radius 1 is 1.26 bits per heavy atom. The third kappa shape index (κ3) is 2.55. The molecule has 1 aromatic carbocycles. The van der Waals surface area contributed by atoms with Gasteiger partial charge in [-0.2, -0.15) is 0 Å². The first-order chi connectivity index (χ1) is 9.07. The van der Waals surface area contributed by atoms with Crippen LogP contribution in [-0.4, -0.2) is 39.8 Å². The molecule has 4 heteroatoms. The SMILES string of the molecule is COc1ccc(OC)c(C(N(C)C)C2(CN)CC2)c1. The first kappa shape index (κ1) is 14.2. The van der Waals surface area contributed by atoms with Crippen LogP contribution in [0.1, 0.15) is 24.4 Å². The number of nitrogens with zero attached hydrogens (tertiary/aromatic N) is 1. The lowest BCUT2D eigenvalue weighted by atomic mass is 9.88. The molecule has 4 nitrogen and oxygen atoms in total. The number of methoxy groups -OCH3 is 2. The average Bonchev–Trinajstić information content (AvgIpc) is 3.19. The predicted octanol–water partition coefficient (Wildman–Crippen LogP) is 2.05. The van der Waals surface area contributed by atoms with E-state index in [-0.39, 0.29) is 11.5 Å². The molecule has 1 saturated carbocycles. The van der Waals surface area contributed by atoms with E-state index in [1.807, 2.05) is 12.1 Å². The molecule has 2 N–H and O–H groups in total. The number of hydrogen-bond acceptors (Lipinski definition) is 4. The van der Waals surface area contributed by atoms with Gasteiger partial charge in [0.05, 0.1) is 14.2 Å². The monoisotopic (exact) mass is 264 g/mol. The van der Waals surface area contributed by atoms with Crippen LogP contribution in [0.3, 0.4) is 0 Å². The largest absolute Gasteiger partial charge is 0.497 e. The minimum absolute atomic E-state index is 0.184. The Morgan fingerprint density at radius 3 is 2.37 bits per heavy atom. The normalized spacial score (nSPS) is 18.2. The fraction of sp³-hybridized carbons (Fsp3) is 0.600. The van der Waals surface area contributed by atoms with E-state index < -0.39 is 0 Å². The molecule has 0 saturated heterocycles. The van der Waals surface area contributed by atoms with Crippen molar-refractivity contribution in [3.8, 4) is 11.5 Å². The molecule has 0 aliphatic heterocycles. The summed E-state index contributed by atoms with van der Waals surface area (Å²) in [6.45, 7) is 0.705. The van der Waals surface area contributed by atoms with E-state index in [1.54, 1.807) is 14.2 Å². The molecule has 1 aliphatic rings. The van der Waals surface area contributed by atoms with Crippen molar-refractivity contribution in [2.75, 3.05) is 34.9 Å². The molecule has 1 aliphatic carbocycles. The van der Waals surface area contributed by atoms with E-state index in [1.165, 1.54) is 12.8 Å². The summed E-state index contributed by atoms with van der Waals surface area (Å²) in [5.41, 5.74) is 7.35. The Labute approximate surface area is 115 Å². The number of hydrogen-bond donors (Lipinski definition) is 1. The lowest BCUT2D eigenvalue weighted by molar-refractivity contribution is 0.193. The maximum absolute atomic E-state index is 6.01. The maximum Gasteiger partial charge on any atom is 0.123 e. The van der Waals surface area contributed by atoms with Crippen LogP contribution in [-0.2, 0) is 0 Å². The maximum atomic E-state index is 6.01. The van der Waals surface area contributed by atoms with Crippen molar-refractivity contribution < 1.29 is 9.47 Å². The Bertz CT molecular complexity index is 442. The second-order valence-electron chi connectivity index (χ2n) is 5.54. The Hall–Kier alpha value is -1.26. The van der Waals surface area contributed by atoms with Crippen LogP contribution in [0.15, 0.2) is 18.2 Å².